The molecule has 0 spiro atoms. The maximum atomic E-state index is 12.2. The Morgan fingerprint density at radius 3 is 2.42 bits per heavy atom. The normalized spacial score (nSPS) is 15.8. The highest BCUT2D eigenvalue weighted by Gasteiger charge is 2.23. The maximum Gasteiger partial charge on any atom is 0.317 e. The zero-order valence-corrected chi connectivity index (χ0v) is 16.1. The zero-order chi connectivity index (χ0) is 17.4. The van der Waals surface area contributed by atoms with Crippen LogP contribution in [0.3, 0.4) is 0 Å². The lowest BCUT2D eigenvalue weighted by Gasteiger charge is -2.32. The molecule has 0 aromatic heterocycles. The SMILES string of the molecule is CCN(CC)CCNC(=O)N1CCC(Sc2ccc(C)cc2)CC1. The van der Waals surface area contributed by atoms with Crippen LogP contribution >= 0.6 is 11.8 Å². The molecule has 1 heterocycles. The lowest BCUT2D eigenvalue weighted by molar-refractivity contribution is 0.185. The van der Waals surface area contributed by atoms with E-state index in [9.17, 15) is 4.79 Å². The molecule has 0 radical (unpaired) electrons. The van der Waals surface area contributed by atoms with Crippen molar-refractivity contribution in [2.24, 2.45) is 0 Å². The van der Waals surface area contributed by atoms with E-state index in [1.165, 1.54) is 10.5 Å². The molecule has 1 saturated heterocycles. The number of carbonyl (C=O) groups excluding carboxylic acids is 1. The number of aryl methyl sites for hydroxylation is 1. The Bertz CT molecular complexity index is 494. The van der Waals surface area contributed by atoms with E-state index in [2.05, 4.69) is 55.3 Å². The predicted octanol–water partition coefficient (Wildman–Crippen LogP) is 3.60. The largest absolute Gasteiger partial charge is 0.337 e. The van der Waals surface area contributed by atoms with Crippen molar-refractivity contribution < 1.29 is 4.79 Å². The van der Waals surface area contributed by atoms with E-state index in [-0.39, 0.29) is 6.03 Å². The van der Waals surface area contributed by atoms with Crippen LogP contribution in [0.4, 0.5) is 4.79 Å². The van der Waals surface area contributed by atoms with Crippen LogP contribution in [0.15, 0.2) is 29.2 Å². The highest BCUT2D eigenvalue weighted by molar-refractivity contribution is 8.00. The summed E-state index contributed by atoms with van der Waals surface area (Å²) in [7, 11) is 0. The van der Waals surface area contributed by atoms with E-state index in [4.69, 9.17) is 0 Å². The Morgan fingerprint density at radius 1 is 1.21 bits per heavy atom. The van der Waals surface area contributed by atoms with Crippen molar-refractivity contribution in [3.05, 3.63) is 29.8 Å². The second-order valence-electron chi connectivity index (χ2n) is 6.38. The minimum Gasteiger partial charge on any atom is -0.337 e. The lowest BCUT2D eigenvalue weighted by Crippen LogP contribution is -2.46. The molecule has 24 heavy (non-hydrogen) atoms. The van der Waals surface area contributed by atoms with Crippen LogP contribution in [-0.2, 0) is 0 Å². The first kappa shape index (κ1) is 19.1. The van der Waals surface area contributed by atoms with Crippen LogP contribution in [0, 0.1) is 6.92 Å². The number of benzene rings is 1. The minimum absolute atomic E-state index is 0.0981. The molecule has 1 fully saturated rings. The van der Waals surface area contributed by atoms with Crippen molar-refractivity contribution in [2.45, 2.75) is 43.8 Å². The maximum absolute atomic E-state index is 12.2. The fraction of sp³-hybridized carbons (Fsp3) is 0.632. The van der Waals surface area contributed by atoms with E-state index >= 15 is 0 Å². The van der Waals surface area contributed by atoms with Crippen LogP contribution < -0.4 is 5.32 Å². The molecule has 0 aliphatic carbocycles. The van der Waals surface area contributed by atoms with Gasteiger partial charge < -0.3 is 15.1 Å². The number of carbonyl (C=O) groups is 1. The zero-order valence-electron chi connectivity index (χ0n) is 15.3. The number of urea groups is 1. The molecule has 1 aliphatic rings. The Hall–Kier alpha value is -1.20. The smallest absolute Gasteiger partial charge is 0.317 e. The number of nitrogens with zero attached hydrogens (tertiary/aromatic N) is 2. The Labute approximate surface area is 151 Å². The first-order chi connectivity index (χ1) is 11.6. The van der Waals surface area contributed by atoms with Crippen molar-refractivity contribution in [2.75, 3.05) is 39.3 Å². The number of hydrogen-bond donors (Lipinski definition) is 1. The number of thioether (sulfide) groups is 1. The summed E-state index contributed by atoms with van der Waals surface area (Å²) in [4.78, 5) is 17.9. The quantitative estimate of drug-likeness (QED) is 0.817. The molecular formula is C19H31N3OS. The molecule has 1 aromatic carbocycles. The van der Waals surface area contributed by atoms with Crippen LogP contribution in [0.1, 0.15) is 32.3 Å². The van der Waals surface area contributed by atoms with Crippen LogP contribution in [0.2, 0.25) is 0 Å². The number of piperidine rings is 1. The summed E-state index contributed by atoms with van der Waals surface area (Å²) < 4.78 is 0. The molecule has 2 rings (SSSR count). The summed E-state index contributed by atoms with van der Waals surface area (Å²) >= 11 is 1.95. The van der Waals surface area contributed by atoms with E-state index in [1.807, 2.05) is 16.7 Å². The predicted molar refractivity (Wildman–Crippen MR) is 103 cm³/mol. The van der Waals surface area contributed by atoms with Crippen LogP contribution in [0.5, 0.6) is 0 Å². The first-order valence-electron chi connectivity index (χ1n) is 9.10. The average molecular weight is 350 g/mol. The van der Waals surface area contributed by atoms with E-state index in [1.54, 1.807) is 0 Å². The molecule has 1 aromatic rings. The fourth-order valence-corrected chi connectivity index (χ4v) is 4.08. The summed E-state index contributed by atoms with van der Waals surface area (Å²) in [5, 5.41) is 3.68. The topological polar surface area (TPSA) is 35.6 Å². The van der Waals surface area contributed by atoms with Gasteiger partial charge in [0.1, 0.15) is 0 Å². The number of amides is 2. The third-order valence-corrected chi connectivity index (χ3v) is 6.00. The van der Waals surface area contributed by atoms with Crippen molar-refractivity contribution in [1.82, 2.24) is 15.1 Å². The van der Waals surface area contributed by atoms with Gasteiger partial charge in [0.15, 0.2) is 0 Å². The van der Waals surface area contributed by atoms with E-state index < -0.39 is 0 Å². The van der Waals surface area contributed by atoms with Gasteiger partial charge in [0.2, 0.25) is 0 Å². The van der Waals surface area contributed by atoms with Gasteiger partial charge >= 0.3 is 6.03 Å². The summed E-state index contributed by atoms with van der Waals surface area (Å²) in [5.41, 5.74) is 1.30. The summed E-state index contributed by atoms with van der Waals surface area (Å²) in [6.07, 6.45) is 2.14. The van der Waals surface area contributed by atoms with Gasteiger partial charge in [0.25, 0.3) is 0 Å². The lowest BCUT2D eigenvalue weighted by atomic mass is 10.1. The molecule has 4 nitrogen and oxygen atoms in total. The van der Waals surface area contributed by atoms with Crippen molar-refractivity contribution >= 4 is 17.8 Å². The van der Waals surface area contributed by atoms with Crippen molar-refractivity contribution in [3.8, 4) is 0 Å². The number of hydrogen-bond acceptors (Lipinski definition) is 3. The summed E-state index contributed by atoms with van der Waals surface area (Å²) in [6, 6.07) is 8.83. The second kappa shape index (κ2) is 9.94. The van der Waals surface area contributed by atoms with Gasteiger partial charge in [-0.25, -0.2) is 4.79 Å². The molecule has 134 valence electrons. The summed E-state index contributed by atoms with van der Waals surface area (Å²) in [6.45, 7) is 11.9. The molecule has 2 amide bonds. The highest BCUT2D eigenvalue weighted by atomic mass is 32.2. The Balaban J connectivity index is 1.68. The second-order valence-corrected chi connectivity index (χ2v) is 7.75. The molecule has 0 atom stereocenters. The number of likely N-dealkylation sites (tertiary alicyclic amines) is 1. The minimum atomic E-state index is 0.0981. The summed E-state index contributed by atoms with van der Waals surface area (Å²) in [5.74, 6) is 0. The van der Waals surface area contributed by atoms with Crippen molar-refractivity contribution in [1.29, 1.82) is 0 Å². The van der Waals surface area contributed by atoms with Crippen LogP contribution in [-0.4, -0.2) is 60.3 Å². The molecule has 1 aliphatic heterocycles. The third-order valence-electron chi connectivity index (χ3n) is 4.65. The molecule has 0 bridgehead atoms. The van der Waals surface area contributed by atoms with Crippen LogP contribution in [0.25, 0.3) is 0 Å². The molecular weight excluding hydrogens is 318 g/mol. The molecule has 1 N–H and O–H groups in total. The van der Waals surface area contributed by atoms with Gasteiger partial charge in [0.05, 0.1) is 0 Å². The molecule has 0 unspecified atom stereocenters. The van der Waals surface area contributed by atoms with E-state index in [0.717, 1.165) is 52.1 Å². The highest BCUT2D eigenvalue weighted by Crippen LogP contribution is 2.30. The average Bonchev–Trinajstić information content (AvgIpc) is 2.61. The Morgan fingerprint density at radius 2 is 1.83 bits per heavy atom. The number of likely N-dealkylation sites (N-methyl/N-ethyl adjacent to an activating group) is 1. The van der Waals surface area contributed by atoms with Gasteiger partial charge in [-0.3, -0.25) is 0 Å². The monoisotopic (exact) mass is 349 g/mol. The van der Waals surface area contributed by atoms with Crippen molar-refractivity contribution in [3.63, 3.8) is 0 Å². The van der Waals surface area contributed by atoms with Gasteiger partial charge in [0, 0.05) is 36.3 Å². The van der Waals surface area contributed by atoms with Gasteiger partial charge in [-0.1, -0.05) is 31.5 Å². The number of nitrogens with one attached hydrogen (secondary N) is 1. The standard InChI is InChI=1S/C19H31N3OS/c1-4-21(5-2)15-12-20-19(23)22-13-10-18(11-14-22)24-17-8-6-16(3)7-9-17/h6-9,18H,4-5,10-15H2,1-3H3,(H,20,23). The molecule has 5 heteroatoms. The molecule has 0 saturated carbocycles. The van der Waals surface area contributed by atoms with E-state index in [0.29, 0.717) is 5.25 Å². The van der Waals surface area contributed by atoms with Gasteiger partial charge in [-0.15, -0.1) is 11.8 Å². The number of rotatable bonds is 7. The Kier molecular flexibility index (Phi) is 7.92. The first-order valence-corrected chi connectivity index (χ1v) is 9.98. The third kappa shape index (κ3) is 6.02. The fourth-order valence-electron chi connectivity index (χ4n) is 2.96. The van der Waals surface area contributed by atoms with Gasteiger partial charge in [-0.05, 0) is 45.0 Å². The van der Waals surface area contributed by atoms with Gasteiger partial charge in [-0.2, -0.15) is 0 Å².